The third kappa shape index (κ3) is 4.06. The van der Waals surface area contributed by atoms with Gasteiger partial charge in [0.25, 0.3) is 5.91 Å². The van der Waals surface area contributed by atoms with E-state index in [9.17, 15) is 22.8 Å². The Labute approximate surface area is 200 Å². The lowest BCUT2D eigenvalue weighted by Crippen LogP contribution is -2.75. The Bertz CT molecular complexity index is 1310. The van der Waals surface area contributed by atoms with Crippen LogP contribution in [0.25, 0.3) is 10.9 Å². The van der Waals surface area contributed by atoms with Crippen molar-refractivity contribution in [3.63, 3.8) is 0 Å². The van der Waals surface area contributed by atoms with Crippen molar-refractivity contribution >= 4 is 22.8 Å². The second kappa shape index (κ2) is 7.83. The molecule has 6 nitrogen and oxygen atoms in total. The number of hydrogen-bond acceptors (Lipinski definition) is 3. The van der Waals surface area contributed by atoms with E-state index >= 15 is 0 Å². The average molecular weight is 486 g/mol. The van der Waals surface area contributed by atoms with Gasteiger partial charge in [-0.25, -0.2) is 0 Å². The molecule has 0 atom stereocenters. The number of carbonyl (C=O) groups is 2. The maximum Gasteiger partial charge on any atom is 0.416 e. The van der Waals surface area contributed by atoms with Crippen molar-refractivity contribution in [1.82, 2.24) is 15.1 Å². The molecule has 0 radical (unpaired) electrons. The third-order valence-electron chi connectivity index (χ3n) is 7.25. The molecule has 2 N–H and O–H groups in total. The van der Waals surface area contributed by atoms with E-state index in [4.69, 9.17) is 5.11 Å². The summed E-state index contributed by atoms with van der Waals surface area (Å²) in [5.41, 5.74) is 1.30. The molecule has 0 aliphatic heterocycles. The van der Waals surface area contributed by atoms with Crippen LogP contribution in [0.15, 0.2) is 42.5 Å². The molecular formula is C26H26F3N3O3. The van der Waals surface area contributed by atoms with Crippen LogP contribution in [0.5, 0.6) is 0 Å². The minimum atomic E-state index is -4.40. The van der Waals surface area contributed by atoms with Crippen molar-refractivity contribution in [3.8, 4) is 0 Å². The summed E-state index contributed by atoms with van der Waals surface area (Å²) >= 11 is 0. The minimum absolute atomic E-state index is 0.00541. The summed E-state index contributed by atoms with van der Waals surface area (Å²) in [7, 11) is 0. The number of rotatable bonds is 7. The fourth-order valence-corrected chi connectivity index (χ4v) is 5.93. The van der Waals surface area contributed by atoms with Gasteiger partial charge in [0.05, 0.1) is 17.5 Å². The molecule has 3 aliphatic rings. The summed E-state index contributed by atoms with van der Waals surface area (Å²) in [6, 6.07) is 10.7. The highest BCUT2D eigenvalue weighted by atomic mass is 19.4. The largest absolute Gasteiger partial charge is 0.481 e. The number of halogens is 3. The van der Waals surface area contributed by atoms with Crippen molar-refractivity contribution in [2.24, 2.45) is 5.41 Å². The third-order valence-corrected chi connectivity index (χ3v) is 7.25. The van der Waals surface area contributed by atoms with Gasteiger partial charge >= 0.3 is 12.1 Å². The van der Waals surface area contributed by atoms with E-state index < -0.39 is 17.7 Å². The average Bonchev–Trinajstić information content (AvgIpc) is 3.12. The number of carboxylic acid groups (broad SMARTS) is 1. The molecule has 3 saturated carbocycles. The van der Waals surface area contributed by atoms with Crippen LogP contribution in [0, 0.1) is 5.41 Å². The first-order valence-corrected chi connectivity index (χ1v) is 11.6. The van der Waals surface area contributed by atoms with E-state index in [0.29, 0.717) is 36.6 Å². The molecule has 3 aromatic rings. The van der Waals surface area contributed by atoms with Crippen LogP contribution in [0.3, 0.4) is 0 Å². The van der Waals surface area contributed by atoms with Crippen molar-refractivity contribution in [2.75, 3.05) is 0 Å². The summed E-state index contributed by atoms with van der Waals surface area (Å²) in [6.45, 7) is 3.93. The lowest BCUT2D eigenvalue weighted by Gasteiger charge is -2.70. The topological polar surface area (TPSA) is 84.2 Å². The molecule has 1 amide bonds. The Morgan fingerprint density at radius 2 is 1.77 bits per heavy atom. The number of alkyl halides is 3. The van der Waals surface area contributed by atoms with Crippen LogP contribution in [0.2, 0.25) is 0 Å². The zero-order valence-corrected chi connectivity index (χ0v) is 19.4. The highest BCUT2D eigenvalue weighted by Crippen LogP contribution is 2.69. The molecule has 184 valence electrons. The molecular weight excluding hydrogens is 459 g/mol. The molecule has 2 bridgehead atoms. The van der Waals surface area contributed by atoms with Gasteiger partial charge in [-0.3, -0.25) is 14.3 Å². The number of nitrogens with one attached hydrogen (secondary N) is 1. The fourth-order valence-electron chi connectivity index (χ4n) is 5.93. The van der Waals surface area contributed by atoms with Gasteiger partial charge in [-0.2, -0.15) is 18.3 Å². The molecule has 35 heavy (non-hydrogen) atoms. The number of fused-ring (bicyclic) bond motifs is 1. The highest BCUT2D eigenvalue weighted by molar-refractivity contribution is 6.06. The molecule has 1 heterocycles. The molecule has 0 saturated heterocycles. The van der Waals surface area contributed by atoms with E-state index in [1.807, 2.05) is 32.0 Å². The molecule has 1 aromatic heterocycles. The van der Waals surface area contributed by atoms with E-state index in [0.717, 1.165) is 23.2 Å². The van der Waals surface area contributed by atoms with Crippen molar-refractivity contribution in [2.45, 2.75) is 63.7 Å². The number of benzene rings is 2. The number of carboxylic acids is 1. The first-order valence-electron chi connectivity index (χ1n) is 11.6. The molecule has 2 aromatic carbocycles. The van der Waals surface area contributed by atoms with Gasteiger partial charge in [-0.15, -0.1) is 0 Å². The van der Waals surface area contributed by atoms with Crippen molar-refractivity contribution < 1.29 is 27.9 Å². The smallest absolute Gasteiger partial charge is 0.416 e. The van der Waals surface area contributed by atoms with Crippen molar-refractivity contribution in [1.29, 1.82) is 0 Å². The Hall–Kier alpha value is -3.36. The molecule has 0 spiro atoms. The Morgan fingerprint density at radius 1 is 1.11 bits per heavy atom. The van der Waals surface area contributed by atoms with Gasteiger partial charge in [0, 0.05) is 17.0 Å². The van der Waals surface area contributed by atoms with Crippen molar-refractivity contribution in [3.05, 3.63) is 64.8 Å². The Balaban J connectivity index is 1.44. The summed E-state index contributed by atoms with van der Waals surface area (Å²) in [5, 5.41) is 17.5. The number of hydrogen-bond donors (Lipinski definition) is 2. The number of carbonyl (C=O) groups excluding carboxylic acids is 1. The standard InChI is InChI=1S/C26H26F3N3O3/c1-15(2)32-19-5-3-4-17(10-16-6-8-18(9-7-16)26(27,28)29)21(19)22(31-32)23(35)30-25-12-24(13-25,14-25)11-20(33)34/h3-9,15H,10-14H2,1-2H3,(H,30,35)(H,33,34). The van der Waals surface area contributed by atoms with E-state index in [-0.39, 0.29) is 35.0 Å². The van der Waals surface area contributed by atoms with Gasteiger partial charge in [-0.05, 0) is 74.3 Å². The first-order chi connectivity index (χ1) is 16.4. The predicted molar refractivity (Wildman–Crippen MR) is 123 cm³/mol. The zero-order valence-electron chi connectivity index (χ0n) is 19.4. The van der Waals surface area contributed by atoms with E-state index in [2.05, 4.69) is 10.4 Å². The van der Waals surface area contributed by atoms with Crippen LogP contribution < -0.4 is 5.32 Å². The zero-order chi connectivity index (χ0) is 25.2. The number of nitrogens with zero attached hydrogens (tertiary/aromatic N) is 2. The summed E-state index contributed by atoms with van der Waals surface area (Å²) in [6.07, 6.45) is -1.97. The van der Waals surface area contributed by atoms with Gasteiger partial charge in [0.1, 0.15) is 0 Å². The van der Waals surface area contributed by atoms with Crippen LogP contribution in [0.1, 0.15) is 72.8 Å². The van der Waals surface area contributed by atoms with E-state index in [1.165, 1.54) is 12.1 Å². The summed E-state index contributed by atoms with van der Waals surface area (Å²) < 4.78 is 40.6. The van der Waals surface area contributed by atoms with Gasteiger partial charge in [0.15, 0.2) is 5.69 Å². The first kappa shape index (κ1) is 23.4. The maximum absolute atomic E-state index is 13.4. The molecule has 9 heteroatoms. The number of aliphatic carboxylic acids is 1. The summed E-state index contributed by atoms with van der Waals surface area (Å²) in [5.74, 6) is -1.13. The van der Waals surface area contributed by atoms with Crippen LogP contribution >= 0.6 is 0 Å². The quantitative estimate of drug-likeness (QED) is 0.472. The minimum Gasteiger partial charge on any atom is -0.481 e. The van der Waals surface area contributed by atoms with Gasteiger partial charge < -0.3 is 10.4 Å². The van der Waals surface area contributed by atoms with Crippen LogP contribution in [-0.2, 0) is 17.4 Å². The van der Waals surface area contributed by atoms with E-state index in [1.54, 1.807) is 4.68 Å². The maximum atomic E-state index is 13.4. The molecule has 6 rings (SSSR count). The Morgan fingerprint density at radius 3 is 2.34 bits per heavy atom. The monoisotopic (exact) mass is 485 g/mol. The highest BCUT2D eigenvalue weighted by Gasteiger charge is 2.68. The van der Waals surface area contributed by atoms with Crippen LogP contribution in [-0.4, -0.2) is 32.3 Å². The number of amides is 1. The van der Waals surface area contributed by atoms with Gasteiger partial charge in [-0.1, -0.05) is 24.3 Å². The second-order valence-corrected chi connectivity index (χ2v) is 10.4. The lowest BCUT2D eigenvalue weighted by molar-refractivity contribution is -0.172. The molecule has 0 unspecified atom stereocenters. The normalized spacial score (nSPS) is 23.1. The summed E-state index contributed by atoms with van der Waals surface area (Å²) in [4.78, 5) is 24.5. The SMILES string of the molecule is CC(C)n1nc(C(=O)NC23CC(CC(=O)O)(C2)C3)c2c(Cc3ccc(C(F)(F)F)cc3)cccc21. The Kier molecular flexibility index (Phi) is 5.23. The second-order valence-electron chi connectivity index (χ2n) is 10.4. The predicted octanol–water partition coefficient (Wildman–Crippen LogP) is 5.35. The van der Waals surface area contributed by atoms with Crippen LogP contribution in [0.4, 0.5) is 13.2 Å². The van der Waals surface area contributed by atoms with Gasteiger partial charge in [0.2, 0.25) is 0 Å². The lowest BCUT2D eigenvalue weighted by atomic mass is 9.38. The molecule has 3 fully saturated rings. The number of aromatic nitrogens is 2. The fraction of sp³-hybridized carbons (Fsp3) is 0.423. The molecule has 3 aliphatic carbocycles.